The molecule has 4 nitrogen and oxygen atoms in total. The van der Waals surface area contributed by atoms with Crippen LogP contribution < -0.4 is 5.32 Å². The molecule has 0 radical (unpaired) electrons. The first-order valence-corrected chi connectivity index (χ1v) is 10.5. The third kappa shape index (κ3) is 3.67. The molecule has 8 heteroatoms. The van der Waals surface area contributed by atoms with Crippen molar-refractivity contribution in [1.29, 1.82) is 0 Å². The van der Waals surface area contributed by atoms with Crippen molar-refractivity contribution in [3.05, 3.63) is 62.6 Å². The van der Waals surface area contributed by atoms with Gasteiger partial charge in [-0.2, -0.15) is 8.78 Å². The third-order valence-corrected chi connectivity index (χ3v) is 6.26. The Labute approximate surface area is 180 Å². The van der Waals surface area contributed by atoms with Gasteiger partial charge in [-0.3, -0.25) is 0 Å². The number of hydrogen-bond acceptors (Lipinski definition) is 4. The van der Waals surface area contributed by atoms with Crippen LogP contribution >= 0.6 is 15.9 Å². The van der Waals surface area contributed by atoms with E-state index in [1.165, 1.54) is 17.2 Å². The minimum Gasteiger partial charge on any atom is -0.390 e. The highest BCUT2D eigenvalue weighted by atomic mass is 79.9. The lowest BCUT2D eigenvalue weighted by atomic mass is 10.0. The fourth-order valence-corrected chi connectivity index (χ4v) is 4.67. The molecule has 2 aromatic carbocycles. The molecule has 2 N–H and O–H groups in total. The summed E-state index contributed by atoms with van der Waals surface area (Å²) in [6, 6.07) is 5.10. The number of anilines is 1. The molecule has 0 bridgehead atoms. The molecule has 0 saturated heterocycles. The van der Waals surface area contributed by atoms with E-state index in [0.717, 1.165) is 46.8 Å². The van der Waals surface area contributed by atoms with Gasteiger partial charge < -0.3 is 10.4 Å². The summed E-state index contributed by atoms with van der Waals surface area (Å²) in [5.41, 5.74) is 3.03. The van der Waals surface area contributed by atoms with Crippen LogP contribution in [0.1, 0.15) is 47.5 Å². The van der Waals surface area contributed by atoms with Crippen molar-refractivity contribution >= 4 is 32.7 Å². The molecule has 30 heavy (non-hydrogen) atoms. The number of aliphatic hydroxyl groups is 1. The van der Waals surface area contributed by atoms with Crippen LogP contribution in [0.15, 0.2) is 28.7 Å². The Hall–Kier alpha value is -2.19. The van der Waals surface area contributed by atoms with Gasteiger partial charge in [0.05, 0.1) is 11.1 Å². The van der Waals surface area contributed by atoms with Crippen molar-refractivity contribution in [2.24, 2.45) is 0 Å². The molecule has 1 aromatic heterocycles. The monoisotopic (exact) mass is 479 g/mol. The van der Waals surface area contributed by atoms with E-state index in [4.69, 9.17) is 5.11 Å². The van der Waals surface area contributed by atoms with Crippen LogP contribution in [0, 0.1) is 12.7 Å². The van der Waals surface area contributed by atoms with Gasteiger partial charge in [0.1, 0.15) is 24.1 Å². The highest BCUT2D eigenvalue weighted by molar-refractivity contribution is 9.10. The van der Waals surface area contributed by atoms with Gasteiger partial charge in [0.15, 0.2) is 0 Å². The Morgan fingerprint density at radius 3 is 2.67 bits per heavy atom. The van der Waals surface area contributed by atoms with Gasteiger partial charge in [-0.1, -0.05) is 22.0 Å². The number of nitrogens with one attached hydrogen (secondary N) is 1. The summed E-state index contributed by atoms with van der Waals surface area (Å²) in [6.07, 6.45) is 3.03. The molecule has 1 atom stereocenters. The van der Waals surface area contributed by atoms with Crippen molar-refractivity contribution in [2.75, 3.05) is 11.9 Å². The zero-order valence-electron chi connectivity index (χ0n) is 16.6. The fourth-order valence-electron chi connectivity index (χ4n) is 4.01. The van der Waals surface area contributed by atoms with Crippen LogP contribution in [0.3, 0.4) is 0 Å². The van der Waals surface area contributed by atoms with Gasteiger partial charge in [0.2, 0.25) is 0 Å². The summed E-state index contributed by atoms with van der Waals surface area (Å²) < 4.78 is 42.8. The second-order valence-electron chi connectivity index (χ2n) is 7.65. The van der Waals surface area contributed by atoms with Crippen molar-refractivity contribution < 1.29 is 18.3 Å². The zero-order valence-corrected chi connectivity index (χ0v) is 18.2. The molecule has 0 fully saturated rings. The summed E-state index contributed by atoms with van der Waals surface area (Å²) in [6.45, 7) is 2.15. The van der Waals surface area contributed by atoms with Crippen molar-refractivity contribution in [3.8, 4) is 0 Å². The van der Waals surface area contributed by atoms with Gasteiger partial charge in [0.25, 0.3) is 5.92 Å². The Bertz CT molecular complexity index is 1140. The lowest BCUT2D eigenvalue weighted by Crippen LogP contribution is -2.21. The second-order valence-corrected chi connectivity index (χ2v) is 8.51. The summed E-state index contributed by atoms with van der Waals surface area (Å²) >= 11 is 3.65. The molecule has 0 unspecified atom stereocenters. The number of hydrogen-bond donors (Lipinski definition) is 2. The molecule has 3 aromatic rings. The summed E-state index contributed by atoms with van der Waals surface area (Å²) in [7, 11) is 0. The maximum Gasteiger partial charge on any atom is 0.298 e. The highest BCUT2D eigenvalue weighted by Gasteiger charge is 2.34. The van der Waals surface area contributed by atoms with E-state index in [9.17, 15) is 13.2 Å². The van der Waals surface area contributed by atoms with Crippen LogP contribution in [0.25, 0.3) is 10.9 Å². The number of fused-ring (bicyclic) bond motifs is 3. The minimum atomic E-state index is -3.65. The molecular weight excluding hydrogens is 459 g/mol. The molecule has 0 amide bonds. The predicted molar refractivity (Wildman–Crippen MR) is 113 cm³/mol. The third-order valence-electron chi connectivity index (χ3n) is 5.56. The van der Waals surface area contributed by atoms with E-state index in [-0.39, 0.29) is 0 Å². The van der Waals surface area contributed by atoms with Crippen LogP contribution in [0.4, 0.5) is 19.0 Å². The fraction of sp³-hybridized carbons (Fsp3) is 0.364. The van der Waals surface area contributed by atoms with Gasteiger partial charge in [-0.05, 0) is 68.0 Å². The SMILES string of the molecule is Cc1nc(N[C@H](C)c2ccc(F)c(C(F)(F)CO)c2)c2cc(Br)c3c(c2n1)CCC3. The smallest absolute Gasteiger partial charge is 0.298 e. The number of benzene rings is 2. The first-order valence-electron chi connectivity index (χ1n) is 9.75. The van der Waals surface area contributed by atoms with Crippen LogP contribution in [-0.4, -0.2) is 21.7 Å². The lowest BCUT2D eigenvalue weighted by molar-refractivity contribution is -0.0583. The second kappa shape index (κ2) is 7.81. The van der Waals surface area contributed by atoms with E-state index in [2.05, 4.69) is 31.2 Å². The standard InChI is InChI=1S/C22H21BrF3N3O/c1-11(13-6-7-19(24)17(8-13)22(25,26)10-30)27-21-16-9-18(23)14-4-3-5-15(14)20(16)28-12(2)29-21/h6-9,11,30H,3-5,10H2,1-2H3,(H,27,28,29)/t11-/m1/s1. The number of aromatic nitrogens is 2. The van der Waals surface area contributed by atoms with E-state index < -0.39 is 30.0 Å². The van der Waals surface area contributed by atoms with Gasteiger partial charge >= 0.3 is 0 Å². The number of nitrogens with zero attached hydrogens (tertiary/aromatic N) is 2. The maximum absolute atomic E-state index is 13.9. The molecule has 1 heterocycles. The van der Waals surface area contributed by atoms with Gasteiger partial charge in [0, 0.05) is 15.9 Å². The number of aryl methyl sites for hydroxylation is 2. The molecule has 1 aliphatic rings. The first-order chi connectivity index (χ1) is 14.2. The molecule has 1 aliphatic carbocycles. The molecule has 0 spiro atoms. The normalized spacial score (nSPS) is 14.8. The van der Waals surface area contributed by atoms with E-state index >= 15 is 0 Å². The molecule has 4 rings (SSSR count). The van der Waals surface area contributed by atoms with E-state index in [0.29, 0.717) is 17.2 Å². The molecule has 0 saturated carbocycles. The Morgan fingerprint density at radius 2 is 1.93 bits per heavy atom. The van der Waals surface area contributed by atoms with Crippen molar-refractivity contribution in [1.82, 2.24) is 9.97 Å². The highest BCUT2D eigenvalue weighted by Crippen LogP contribution is 2.38. The topological polar surface area (TPSA) is 58.0 Å². The minimum absolute atomic E-state index is 0.427. The number of halogens is 4. The van der Waals surface area contributed by atoms with Gasteiger partial charge in [-0.25, -0.2) is 14.4 Å². The van der Waals surface area contributed by atoms with E-state index in [1.807, 2.05) is 13.0 Å². The van der Waals surface area contributed by atoms with Gasteiger partial charge in [-0.15, -0.1) is 0 Å². The summed E-state index contributed by atoms with van der Waals surface area (Å²) in [5.74, 6) is -3.49. The maximum atomic E-state index is 13.9. The Kier molecular flexibility index (Phi) is 5.48. The lowest BCUT2D eigenvalue weighted by Gasteiger charge is -2.20. The van der Waals surface area contributed by atoms with Crippen LogP contribution in [0.5, 0.6) is 0 Å². The summed E-state index contributed by atoms with van der Waals surface area (Å²) in [5, 5.41) is 13.1. The number of rotatable bonds is 5. The summed E-state index contributed by atoms with van der Waals surface area (Å²) in [4.78, 5) is 9.18. The molecule has 0 aliphatic heterocycles. The van der Waals surface area contributed by atoms with Crippen molar-refractivity contribution in [3.63, 3.8) is 0 Å². The van der Waals surface area contributed by atoms with Crippen molar-refractivity contribution in [2.45, 2.75) is 45.1 Å². The molecule has 158 valence electrons. The Balaban J connectivity index is 1.75. The quantitative estimate of drug-likeness (QED) is 0.500. The van der Waals surface area contributed by atoms with E-state index in [1.54, 1.807) is 6.92 Å². The average molecular weight is 480 g/mol. The largest absolute Gasteiger partial charge is 0.390 e. The van der Waals surface area contributed by atoms with Crippen LogP contribution in [0.2, 0.25) is 0 Å². The predicted octanol–water partition coefficient (Wildman–Crippen LogP) is 5.59. The first kappa shape index (κ1) is 21.1. The molecular formula is C22H21BrF3N3O. The van der Waals surface area contributed by atoms with Crippen LogP contribution in [-0.2, 0) is 18.8 Å². The zero-order chi connectivity index (χ0) is 21.6. The Morgan fingerprint density at radius 1 is 1.20 bits per heavy atom. The number of alkyl halides is 2. The average Bonchev–Trinajstić information content (AvgIpc) is 3.20. The number of aliphatic hydroxyl groups excluding tert-OH is 1.